The number of allylic oxidation sites excluding steroid dienone is 1. The first-order chi connectivity index (χ1) is 15.7. The highest BCUT2D eigenvalue weighted by molar-refractivity contribution is 7.91. The summed E-state index contributed by atoms with van der Waals surface area (Å²) in [6.45, 7) is 10.8. The van der Waals surface area contributed by atoms with Crippen molar-refractivity contribution in [2.24, 2.45) is 5.92 Å². The van der Waals surface area contributed by atoms with Crippen molar-refractivity contribution >= 4 is 28.5 Å². The van der Waals surface area contributed by atoms with Gasteiger partial charge in [0, 0.05) is 19.0 Å². The molecule has 0 radical (unpaired) electrons. The van der Waals surface area contributed by atoms with Crippen LogP contribution in [0.25, 0.3) is 0 Å². The highest BCUT2D eigenvalue weighted by atomic mass is 32.2. The van der Waals surface area contributed by atoms with Crippen LogP contribution in [0.3, 0.4) is 0 Å². The lowest BCUT2D eigenvalue weighted by Crippen LogP contribution is -2.67. The number of hydrogen-bond donors (Lipinski definition) is 0. The van der Waals surface area contributed by atoms with Crippen LogP contribution in [0.5, 0.6) is 0 Å². The van der Waals surface area contributed by atoms with E-state index in [1.807, 2.05) is 36.4 Å². The molecule has 0 aliphatic heterocycles. The summed E-state index contributed by atoms with van der Waals surface area (Å²) in [5.74, 6) is -0.362. The van der Waals surface area contributed by atoms with Gasteiger partial charge in [-0.15, -0.1) is 6.58 Å². The number of nitrogens with zero attached hydrogens (tertiary/aromatic N) is 2. The van der Waals surface area contributed by atoms with Crippen molar-refractivity contribution in [2.75, 3.05) is 12.4 Å². The Morgan fingerprint density at radius 3 is 1.91 bits per heavy atom. The maximum atomic E-state index is 13.0. The van der Waals surface area contributed by atoms with E-state index in [2.05, 4.69) is 61.6 Å². The predicted molar refractivity (Wildman–Crippen MR) is 136 cm³/mol. The van der Waals surface area contributed by atoms with Crippen molar-refractivity contribution in [2.45, 2.75) is 37.4 Å². The third-order valence-corrected chi connectivity index (χ3v) is 12.4. The Hall–Kier alpha value is -2.61. The fraction of sp³-hybridized carbons (Fsp3) is 0.308. The van der Waals surface area contributed by atoms with E-state index in [0.717, 1.165) is 10.4 Å². The fourth-order valence-electron chi connectivity index (χ4n) is 4.26. The van der Waals surface area contributed by atoms with Crippen molar-refractivity contribution in [3.63, 3.8) is 0 Å². The van der Waals surface area contributed by atoms with Gasteiger partial charge >= 0.3 is 0 Å². The molecule has 33 heavy (non-hydrogen) atoms. The van der Waals surface area contributed by atoms with Gasteiger partial charge in [-0.05, 0) is 33.8 Å². The quantitative estimate of drug-likeness (QED) is 0.249. The molecule has 174 valence electrons. The fourth-order valence-corrected chi connectivity index (χ4v) is 10.3. The molecular weight excluding hydrogens is 448 g/mol. The van der Waals surface area contributed by atoms with Gasteiger partial charge in [0.2, 0.25) is 15.0 Å². The molecule has 3 aromatic rings. The van der Waals surface area contributed by atoms with Crippen molar-refractivity contribution < 1.29 is 12.8 Å². The van der Waals surface area contributed by atoms with Crippen molar-refractivity contribution in [1.82, 2.24) is 9.97 Å². The molecule has 0 amide bonds. The number of hydrogen-bond acceptors (Lipinski definition) is 5. The Labute approximate surface area is 198 Å². The summed E-state index contributed by atoms with van der Waals surface area (Å²) in [6.07, 6.45) is 5.16. The summed E-state index contributed by atoms with van der Waals surface area (Å²) < 4.78 is 32.9. The van der Waals surface area contributed by atoms with Gasteiger partial charge in [0.15, 0.2) is 0 Å². The Bertz CT molecular complexity index is 1090. The second kappa shape index (κ2) is 10.5. The van der Waals surface area contributed by atoms with Crippen molar-refractivity contribution in [3.05, 3.63) is 91.8 Å². The molecule has 1 aromatic heterocycles. The molecule has 1 heterocycles. The molecule has 0 N–H and O–H groups in total. The lowest BCUT2D eigenvalue weighted by atomic mass is 10.1. The largest absolute Gasteiger partial charge is 0.407 e. The first-order valence-corrected chi connectivity index (χ1v) is 14.6. The molecule has 2 aromatic carbocycles. The molecule has 0 aliphatic carbocycles. The van der Waals surface area contributed by atoms with Crippen LogP contribution >= 0.6 is 0 Å². The predicted octanol–water partition coefficient (Wildman–Crippen LogP) is 4.02. The van der Waals surface area contributed by atoms with Gasteiger partial charge in [0.1, 0.15) is 0 Å². The molecule has 0 spiro atoms. The van der Waals surface area contributed by atoms with Crippen molar-refractivity contribution in [1.29, 1.82) is 0 Å². The lowest BCUT2D eigenvalue weighted by Gasteiger charge is -2.43. The number of aromatic nitrogens is 2. The zero-order chi connectivity index (χ0) is 24.0. The van der Waals surface area contributed by atoms with E-state index in [1.54, 1.807) is 12.1 Å². The summed E-state index contributed by atoms with van der Waals surface area (Å²) in [5, 5.41) is 1.99. The van der Waals surface area contributed by atoms with Gasteiger partial charge in [-0.1, -0.05) is 87.5 Å². The molecule has 7 heteroatoms. The number of rotatable bonds is 10. The van der Waals surface area contributed by atoms with Gasteiger partial charge < -0.3 is 4.43 Å². The maximum Gasteiger partial charge on any atom is 0.261 e. The highest BCUT2D eigenvalue weighted by Gasteiger charge is 2.50. The van der Waals surface area contributed by atoms with E-state index in [-0.39, 0.29) is 21.9 Å². The molecule has 0 saturated heterocycles. The van der Waals surface area contributed by atoms with Crippen LogP contribution in [-0.2, 0) is 14.3 Å². The molecule has 0 bridgehead atoms. The van der Waals surface area contributed by atoms with Crippen LogP contribution in [0.2, 0.25) is 5.04 Å². The average molecular weight is 481 g/mol. The van der Waals surface area contributed by atoms with E-state index in [4.69, 9.17) is 4.43 Å². The molecule has 0 fully saturated rings. The van der Waals surface area contributed by atoms with Crippen LogP contribution in [-0.4, -0.2) is 39.1 Å². The average Bonchev–Trinajstić information content (AvgIpc) is 2.80. The van der Waals surface area contributed by atoms with E-state index in [9.17, 15) is 8.42 Å². The van der Waals surface area contributed by atoms with E-state index < -0.39 is 18.2 Å². The summed E-state index contributed by atoms with van der Waals surface area (Å²) in [4.78, 5) is 7.90. The Morgan fingerprint density at radius 2 is 1.45 bits per heavy atom. The molecule has 0 aliphatic rings. The van der Waals surface area contributed by atoms with E-state index in [1.165, 1.54) is 12.4 Å². The highest BCUT2D eigenvalue weighted by Crippen LogP contribution is 2.37. The standard InChI is InChI=1S/C26H32N2O3SSi/c1-5-13-22(21-32(29,30)25-27-18-12-19-28-25)20-31-33(26(2,3)4,23-14-8-6-9-15-23)24-16-10-7-11-17-24/h5-12,14-19,22H,1,13,20-21H2,2-4H3/t22-/m1/s1. The summed E-state index contributed by atoms with van der Waals surface area (Å²) in [5.41, 5.74) is 0. The molecule has 1 atom stereocenters. The zero-order valence-electron chi connectivity index (χ0n) is 19.5. The van der Waals surface area contributed by atoms with Gasteiger partial charge in [0.25, 0.3) is 8.32 Å². The van der Waals surface area contributed by atoms with Crippen LogP contribution in [0.1, 0.15) is 27.2 Å². The Morgan fingerprint density at radius 1 is 0.939 bits per heavy atom. The summed E-state index contributed by atoms with van der Waals surface area (Å²) in [7, 11) is -6.40. The third-order valence-electron chi connectivity index (χ3n) is 5.73. The zero-order valence-corrected chi connectivity index (χ0v) is 21.3. The summed E-state index contributed by atoms with van der Waals surface area (Å²) >= 11 is 0. The minimum atomic E-state index is -3.65. The van der Waals surface area contributed by atoms with Crippen molar-refractivity contribution in [3.8, 4) is 0 Å². The second-order valence-electron chi connectivity index (χ2n) is 9.18. The SMILES string of the molecule is C=CC[C@H](CO[Si](c1ccccc1)(c1ccccc1)C(C)(C)C)CS(=O)(=O)c1ncccn1. The first-order valence-electron chi connectivity index (χ1n) is 11.1. The molecule has 5 nitrogen and oxygen atoms in total. The molecule has 0 unspecified atom stereocenters. The van der Waals surface area contributed by atoms with Crippen LogP contribution < -0.4 is 10.4 Å². The molecule has 0 saturated carbocycles. The van der Waals surface area contributed by atoms with Crippen LogP contribution in [0.15, 0.2) is 96.9 Å². The van der Waals surface area contributed by atoms with E-state index in [0.29, 0.717) is 13.0 Å². The topological polar surface area (TPSA) is 69.2 Å². The first kappa shape index (κ1) is 25.0. The van der Waals surface area contributed by atoms with Gasteiger partial charge in [-0.3, -0.25) is 0 Å². The minimum absolute atomic E-state index is 0.0960. The Balaban J connectivity index is 1.99. The lowest BCUT2D eigenvalue weighted by molar-refractivity contribution is 0.247. The maximum absolute atomic E-state index is 13.0. The molecular formula is C26H32N2O3SSi. The van der Waals surface area contributed by atoms with Gasteiger partial charge in [-0.25, -0.2) is 18.4 Å². The van der Waals surface area contributed by atoms with Crippen LogP contribution in [0.4, 0.5) is 0 Å². The van der Waals surface area contributed by atoms with E-state index >= 15 is 0 Å². The number of benzene rings is 2. The summed E-state index contributed by atoms with van der Waals surface area (Å²) in [6, 6.07) is 22.3. The number of sulfone groups is 1. The third kappa shape index (κ3) is 5.66. The minimum Gasteiger partial charge on any atom is -0.407 e. The smallest absolute Gasteiger partial charge is 0.261 e. The normalized spacial score (nSPS) is 13.4. The second-order valence-corrected chi connectivity index (χ2v) is 15.4. The Kier molecular flexibility index (Phi) is 7.99. The van der Waals surface area contributed by atoms with Gasteiger partial charge in [-0.2, -0.15) is 0 Å². The van der Waals surface area contributed by atoms with Gasteiger partial charge in [0.05, 0.1) is 5.75 Å². The van der Waals surface area contributed by atoms with Crippen LogP contribution in [0, 0.1) is 5.92 Å². The molecule has 3 rings (SSSR count). The monoisotopic (exact) mass is 480 g/mol.